The SMILES string of the molecule is CCCCCCCCCCC(O)CC(N)(CCO)CCO.F. The molecule has 0 saturated carbocycles. The Morgan fingerprint density at radius 2 is 1.32 bits per heavy atom. The van der Waals surface area contributed by atoms with E-state index in [1.807, 2.05) is 0 Å². The molecule has 0 aliphatic heterocycles. The van der Waals surface area contributed by atoms with E-state index in [2.05, 4.69) is 6.92 Å². The maximum atomic E-state index is 10.1. The van der Waals surface area contributed by atoms with E-state index in [1.165, 1.54) is 44.9 Å². The molecule has 5 N–H and O–H groups in total. The van der Waals surface area contributed by atoms with Crippen LogP contribution >= 0.6 is 0 Å². The largest absolute Gasteiger partial charge is 0.396 e. The molecule has 0 aromatic heterocycles. The van der Waals surface area contributed by atoms with Gasteiger partial charge in [-0.25, -0.2) is 0 Å². The van der Waals surface area contributed by atoms with Crippen molar-refractivity contribution in [3.63, 3.8) is 0 Å². The molecular weight excluding hydrogens is 285 g/mol. The van der Waals surface area contributed by atoms with Gasteiger partial charge in [-0.3, -0.25) is 4.70 Å². The summed E-state index contributed by atoms with van der Waals surface area (Å²) < 4.78 is 0. The van der Waals surface area contributed by atoms with Crippen molar-refractivity contribution >= 4 is 0 Å². The number of aliphatic hydroxyl groups excluding tert-OH is 3. The molecule has 136 valence electrons. The Morgan fingerprint density at radius 3 is 1.77 bits per heavy atom. The first-order valence-corrected chi connectivity index (χ1v) is 8.76. The third-order valence-electron chi connectivity index (χ3n) is 4.25. The highest BCUT2D eigenvalue weighted by atomic mass is 19.0. The number of hydrogen-bond donors (Lipinski definition) is 4. The van der Waals surface area contributed by atoms with E-state index in [0.717, 1.165) is 12.8 Å². The maximum absolute atomic E-state index is 10.1. The smallest absolute Gasteiger partial charge is 0.0557 e. The van der Waals surface area contributed by atoms with Crippen LogP contribution in [0.25, 0.3) is 0 Å². The highest BCUT2D eigenvalue weighted by Gasteiger charge is 2.26. The second-order valence-electron chi connectivity index (χ2n) is 6.43. The highest BCUT2D eigenvalue weighted by molar-refractivity contribution is 4.86. The maximum Gasteiger partial charge on any atom is 0.0557 e. The van der Waals surface area contributed by atoms with E-state index in [1.54, 1.807) is 0 Å². The minimum atomic E-state index is -0.636. The van der Waals surface area contributed by atoms with Crippen molar-refractivity contribution in [2.24, 2.45) is 5.73 Å². The number of unbranched alkanes of at least 4 members (excludes halogenated alkanes) is 7. The Morgan fingerprint density at radius 1 is 0.864 bits per heavy atom. The number of aliphatic hydroxyl groups is 3. The van der Waals surface area contributed by atoms with Crippen LogP contribution in [-0.4, -0.2) is 40.2 Å². The number of halogens is 1. The van der Waals surface area contributed by atoms with Gasteiger partial charge >= 0.3 is 0 Å². The van der Waals surface area contributed by atoms with E-state index >= 15 is 0 Å². The fourth-order valence-electron chi connectivity index (χ4n) is 2.86. The molecule has 5 heteroatoms. The first-order valence-electron chi connectivity index (χ1n) is 8.76. The van der Waals surface area contributed by atoms with Gasteiger partial charge in [-0.2, -0.15) is 0 Å². The minimum absolute atomic E-state index is 0. The van der Waals surface area contributed by atoms with Crippen LogP contribution in [-0.2, 0) is 0 Å². The van der Waals surface area contributed by atoms with Gasteiger partial charge in [0.05, 0.1) is 6.10 Å². The Bertz CT molecular complexity index is 224. The summed E-state index contributed by atoms with van der Waals surface area (Å²) in [6, 6.07) is 0. The van der Waals surface area contributed by atoms with Crippen LogP contribution < -0.4 is 5.73 Å². The zero-order valence-corrected chi connectivity index (χ0v) is 14.3. The summed E-state index contributed by atoms with van der Waals surface area (Å²) in [6.45, 7) is 2.23. The predicted octanol–water partition coefficient (Wildman–Crippen LogP) is 2.88. The quantitative estimate of drug-likeness (QED) is 0.349. The molecule has 0 aromatic rings. The molecule has 0 aliphatic rings. The van der Waals surface area contributed by atoms with Gasteiger partial charge in [0.1, 0.15) is 0 Å². The molecule has 0 amide bonds. The lowest BCUT2D eigenvalue weighted by atomic mass is 9.85. The summed E-state index contributed by atoms with van der Waals surface area (Å²) >= 11 is 0. The van der Waals surface area contributed by atoms with E-state index in [-0.39, 0.29) is 17.9 Å². The molecule has 0 bridgehead atoms. The third-order valence-corrected chi connectivity index (χ3v) is 4.25. The molecule has 0 rings (SSSR count). The minimum Gasteiger partial charge on any atom is -0.396 e. The van der Waals surface area contributed by atoms with Crippen LogP contribution in [0, 0.1) is 0 Å². The van der Waals surface area contributed by atoms with Crippen LogP contribution in [0.5, 0.6) is 0 Å². The predicted molar refractivity (Wildman–Crippen MR) is 90.7 cm³/mol. The molecule has 4 nitrogen and oxygen atoms in total. The summed E-state index contributed by atoms with van der Waals surface area (Å²) in [6.07, 6.45) is 11.7. The van der Waals surface area contributed by atoms with Crippen molar-refractivity contribution in [3.05, 3.63) is 0 Å². The Labute approximate surface area is 135 Å². The van der Waals surface area contributed by atoms with Crippen molar-refractivity contribution in [2.45, 2.75) is 95.6 Å². The fraction of sp³-hybridized carbons (Fsp3) is 1.00. The summed E-state index contributed by atoms with van der Waals surface area (Å²) in [5.41, 5.74) is 5.50. The standard InChI is InChI=1S/C17H37NO3.FH/c1-2-3-4-5-6-7-8-9-10-16(21)15-17(18,11-13-19)12-14-20;/h16,19-21H,2-15,18H2,1H3;1H. The summed E-state index contributed by atoms with van der Waals surface area (Å²) in [4.78, 5) is 0. The number of rotatable bonds is 15. The van der Waals surface area contributed by atoms with Crippen LogP contribution in [0.1, 0.15) is 84.0 Å². The third kappa shape index (κ3) is 13.4. The molecule has 0 aliphatic carbocycles. The van der Waals surface area contributed by atoms with Crippen LogP contribution in [0.3, 0.4) is 0 Å². The first kappa shape index (κ1) is 24.0. The van der Waals surface area contributed by atoms with Crippen LogP contribution in [0.4, 0.5) is 4.70 Å². The lowest BCUT2D eigenvalue weighted by molar-refractivity contribution is 0.0952. The van der Waals surface area contributed by atoms with Gasteiger partial charge in [0.2, 0.25) is 0 Å². The zero-order valence-electron chi connectivity index (χ0n) is 14.3. The van der Waals surface area contributed by atoms with Crippen LogP contribution in [0.2, 0.25) is 0 Å². The molecule has 0 aromatic carbocycles. The van der Waals surface area contributed by atoms with Crippen molar-refractivity contribution in [1.82, 2.24) is 0 Å². The molecule has 0 fully saturated rings. The van der Waals surface area contributed by atoms with Crippen LogP contribution in [0.15, 0.2) is 0 Å². The van der Waals surface area contributed by atoms with Gasteiger partial charge < -0.3 is 21.1 Å². The van der Waals surface area contributed by atoms with Gasteiger partial charge in [0.25, 0.3) is 0 Å². The molecule has 0 radical (unpaired) electrons. The van der Waals surface area contributed by atoms with E-state index in [9.17, 15) is 5.11 Å². The second kappa shape index (κ2) is 15.7. The summed E-state index contributed by atoms with van der Waals surface area (Å²) in [7, 11) is 0. The summed E-state index contributed by atoms with van der Waals surface area (Å²) in [5.74, 6) is 0. The van der Waals surface area contributed by atoms with Gasteiger partial charge in [-0.05, 0) is 25.7 Å². The van der Waals surface area contributed by atoms with Crippen molar-refractivity contribution < 1.29 is 20.0 Å². The number of hydrogen-bond acceptors (Lipinski definition) is 4. The van der Waals surface area contributed by atoms with E-state index < -0.39 is 11.6 Å². The molecule has 0 heterocycles. The Balaban J connectivity index is 0. The normalized spacial score (nSPS) is 13.0. The van der Waals surface area contributed by atoms with E-state index in [4.69, 9.17) is 15.9 Å². The molecule has 1 unspecified atom stereocenters. The highest BCUT2D eigenvalue weighted by Crippen LogP contribution is 2.21. The lowest BCUT2D eigenvalue weighted by Crippen LogP contribution is -2.44. The summed E-state index contributed by atoms with van der Waals surface area (Å²) in [5, 5.41) is 28.1. The van der Waals surface area contributed by atoms with Crippen molar-refractivity contribution in [3.8, 4) is 0 Å². The van der Waals surface area contributed by atoms with Crippen molar-refractivity contribution in [2.75, 3.05) is 13.2 Å². The van der Waals surface area contributed by atoms with Gasteiger partial charge in [0.15, 0.2) is 0 Å². The first-order chi connectivity index (χ1) is 10.1. The van der Waals surface area contributed by atoms with Gasteiger partial charge in [0, 0.05) is 18.8 Å². The Hall–Kier alpha value is -0.230. The molecule has 0 spiro atoms. The molecule has 0 saturated heterocycles. The second-order valence-corrected chi connectivity index (χ2v) is 6.43. The zero-order chi connectivity index (χ0) is 16.0. The van der Waals surface area contributed by atoms with Gasteiger partial charge in [-0.15, -0.1) is 0 Å². The Kier molecular flexibility index (Phi) is 17.1. The fourth-order valence-corrected chi connectivity index (χ4v) is 2.86. The molecular formula is C17H38FNO3. The average Bonchev–Trinajstić information content (AvgIpc) is 2.42. The molecule has 1 atom stereocenters. The topological polar surface area (TPSA) is 86.7 Å². The van der Waals surface area contributed by atoms with E-state index in [0.29, 0.717) is 19.3 Å². The molecule has 22 heavy (non-hydrogen) atoms. The van der Waals surface area contributed by atoms with Crippen molar-refractivity contribution in [1.29, 1.82) is 0 Å². The number of nitrogens with two attached hydrogens (primary N) is 1. The van der Waals surface area contributed by atoms with Gasteiger partial charge in [-0.1, -0.05) is 58.3 Å². The average molecular weight is 323 g/mol. The monoisotopic (exact) mass is 323 g/mol. The lowest BCUT2D eigenvalue weighted by Gasteiger charge is -2.30.